The third-order valence-electron chi connectivity index (χ3n) is 3.95. The van der Waals surface area contributed by atoms with Crippen molar-refractivity contribution in [2.45, 2.75) is 19.3 Å². The highest BCUT2D eigenvalue weighted by atomic mass is 32.1. The summed E-state index contributed by atoms with van der Waals surface area (Å²) >= 11 is 1.72. The fourth-order valence-corrected chi connectivity index (χ4v) is 3.40. The Bertz CT molecular complexity index is 860. The van der Waals surface area contributed by atoms with Crippen LogP contribution in [-0.4, -0.2) is 10.7 Å². The number of aryl methyl sites for hydroxylation is 1. The van der Waals surface area contributed by atoms with E-state index in [1.54, 1.807) is 11.3 Å². The Balaban J connectivity index is 1.45. The normalized spacial score (nSPS) is 14.2. The predicted molar refractivity (Wildman–Crippen MR) is 94.4 cm³/mol. The van der Waals surface area contributed by atoms with E-state index in [1.165, 1.54) is 16.7 Å². The van der Waals surface area contributed by atoms with Gasteiger partial charge in [-0.3, -0.25) is 9.98 Å². The predicted octanol–water partition coefficient (Wildman–Crippen LogP) is 5.11. The van der Waals surface area contributed by atoms with Gasteiger partial charge in [0.1, 0.15) is 0 Å². The molecule has 0 amide bonds. The number of para-hydroxylation sites is 1. The number of allylic oxidation sites excluding steroid dienone is 1. The molecule has 1 aromatic carbocycles. The summed E-state index contributed by atoms with van der Waals surface area (Å²) < 4.78 is 0. The Morgan fingerprint density at radius 3 is 2.86 bits per heavy atom. The molecule has 0 atom stereocenters. The molecule has 0 aliphatic carbocycles. The van der Waals surface area contributed by atoms with Gasteiger partial charge in [-0.2, -0.15) is 11.3 Å². The highest BCUT2D eigenvalue weighted by Gasteiger charge is 2.11. The van der Waals surface area contributed by atoms with Crippen molar-refractivity contribution in [2.24, 2.45) is 4.99 Å². The zero-order valence-electron chi connectivity index (χ0n) is 12.2. The van der Waals surface area contributed by atoms with E-state index in [0.29, 0.717) is 0 Å². The lowest BCUT2D eigenvalue weighted by Gasteiger charge is -2.03. The fourth-order valence-electron chi connectivity index (χ4n) is 2.75. The van der Waals surface area contributed by atoms with E-state index in [2.05, 4.69) is 53.2 Å². The Hall–Kier alpha value is -2.26. The first-order valence-electron chi connectivity index (χ1n) is 7.52. The topological polar surface area (TPSA) is 25.2 Å². The van der Waals surface area contributed by atoms with E-state index in [-0.39, 0.29) is 0 Å². The van der Waals surface area contributed by atoms with Crippen LogP contribution in [0.3, 0.4) is 0 Å². The molecule has 22 heavy (non-hydrogen) atoms. The second-order valence-corrected chi connectivity index (χ2v) is 6.26. The van der Waals surface area contributed by atoms with E-state index >= 15 is 0 Å². The molecule has 3 aromatic rings. The third kappa shape index (κ3) is 2.72. The van der Waals surface area contributed by atoms with Crippen LogP contribution in [-0.2, 0) is 6.42 Å². The quantitative estimate of drug-likeness (QED) is 0.657. The molecule has 0 unspecified atom stereocenters. The average Bonchev–Trinajstić information content (AvgIpc) is 3.24. The standard InChI is InChI=1S/C19H16N2S/c1-2-4-18-14(3-1)5-6-16(20-18)7-8-17-9-10-19(21-17)15-11-12-22-13-15/h1-6,10-13H,7-9H2. The van der Waals surface area contributed by atoms with Gasteiger partial charge in [0.15, 0.2) is 0 Å². The molecule has 3 heteroatoms. The molecular formula is C19H16N2S. The first-order valence-corrected chi connectivity index (χ1v) is 8.46. The van der Waals surface area contributed by atoms with Gasteiger partial charge in [0.05, 0.1) is 11.2 Å². The number of fused-ring (bicyclic) bond motifs is 1. The lowest BCUT2D eigenvalue weighted by atomic mass is 10.1. The van der Waals surface area contributed by atoms with Crippen molar-refractivity contribution in [3.8, 4) is 0 Å². The zero-order chi connectivity index (χ0) is 14.8. The number of rotatable bonds is 4. The zero-order valence-corrected chi connectivity index (χ0v) is 13.0. The number of hydrogen-bond donors (Lipinski definition) is 0. The van der Waals surface area contributed by atoms with Gasteiger partial charge in [0, 0.05) is 34.2 Å². The minimum Gasteiger partial charge on any atom is -0.257 e. The van der Waals surface area contributed by atoms with Gasteiger partial charge >= 0.3 is 0 Å². The van der Waals surface area contributed by atoms with E-state index < -0.39 is 0 Å². The van der Waals surface area contributed by atoms with Crippen molar-refractivity contribution in [2.75, 3.05) is 0 Å². The molecule has 1 aliphatic rings. The lowest BCUT2D eigenvalue weighted by Crippen LogP contribution is -1.98. The van der Waals surface area contributed by atoms with Crippen molar-refractivity contribution in [3.05, 3.63) is 70.6 Å². The summed E-state index contributed by atoms with van der Waals surface area (Å²) in [5.41, 5.74) is 5.85. The summed E-state index contributed by atoms with van der Waals surface area (Å²) in [6, 6.07) is 14.7. The van der Waals surface area contributed by atoms with E-state index in [1.807, 2.05) is 6.07 Å². The first kappa shape index (κ1) is 13.4. The number of pyridine rings is 1. The lowest BCUT2D eigenvalue weighted by molar-refractivity contribution is 0.975. The fraction of sp³-hybridized carbons (Fsp3) is 0.158. The van der Waals surface area contributed by atoms with Crippen LogP contribution < -0.4 is 0 Å². The maximum atomic E-state index is 4.76. The number of nitrogens with zero attached hydrogens (tertiary/aromatic N) is 2. The van der Waals surface area contributed by atoms with Crippen molar-refractivity contribution in [3.63, 3.8) is 0 Å². The molecule has 4 rings (SSSR count). The van der Waals surface area contributed by atoms with Crippen LogP contribution in [0.4, 0.5) is 0 Å². The highest BCUT2D eigenvalue weighted by molar-refractivity contribution is 7.08. The van der Waals surface area contributed by atoms with Crippen molar-refractivity contribution in [1.29, 1.82) is 0 Å². The monoisotopic (exact) mass is 304 g/mol. The van der Waals surface area contributed by atoms with Crippen LogP contribution in [0.15, 0.2) is 64.3 Å². The van der Waals surface area contributed by atoms with Crippen LogP contribution in [0.5, 0.6) is 0 Å². The molecule has 0 saturated heterocycles. The summed E-state index contributed by atoms with van der Waals surface area (Å²) in [6.07, 6.45) is 5.13. The summed E-state index contributed by atoms with van der Waals surface area (Å²) in [7, 11) is 0. The van der Waals surface area contributed by atoms with E-state index in [0.717, 1.165) is 36.2 Å². The minimum absolute atomic E-state index is 0.953. The summed E-state index contributed by atoms with van der Waals surface area (Å²) in [5, 5.41) is 5.46. The SMILES string of the molecule is C1=C(c2ccsc2)N=C(CCc2ccc3ccccc3n2)C1. The summed E-state index contributed by atoms with van der Waals surface area (Å²) in [6.45, 7) is 0. The number of aromatic nitrogens is 1. The molecule has 2 aromatic heterocycles. The van der Waals surface area contributed by atoms with Crippen molar-refractivity contribution >= 4 is 33.6 Å². The van der Waals surface area contributed by atoms with Crippen molar-refractivity contribution in [1.82, 2.24) is 4.98 Å². The van der Waals surface area contributed by atoms with Gasteiger partial charge in [0.25, 0.3) is 0 Å². The minimum atomic E-state index is 0.953. The maximum absolute atomic E-state index is 4.76. The largest absolute Gasteiger partial charge is 0.257 e. The summed E-state index contributed by atoms with van der Waals surface area (Å²) in [4.78, 5) is 9.50. The van der Waals surface area contributed by atoms with Gasteiger partial charge in [-0.05, 0) is 36.4 Å². The second-order valence-electron chi connectivity index (χ2n) is 5.48. The number of thiophene rings is 1. The summed E-state index contributed by atoms with van der Waals surface area (Å²) in [5.74, 6) is 0. The molecule has 0 bridgehead atoms. The van der Waals surface area contributed by atoms with Crippen molar-refractivity contribution < 1.29 is 0 Å². The molecule has 1 aliphatic heterocycles. The smallest absolute Gasteiger partial charge is 0.0705 e. The maximum Gasteiger partial charge on any atom is 0.0705 e. The van der Waals surface area contributed by atoms with E-state index in [4.69, 9.17) is 9.98 Å². The Labute approximate surface area is 133 Å². The molecule has 2 nitrogen and oxygen atoms in total. The van der Waals surface area contributed by atoms with Crippen LogP contribution in [0, 0.1) is 0 Å². The van der Waals surface area contributed by atoms with Gasteiger partial charge < -0.3 is 0 Å². The Kier molecular flexibility index (Phi) is 3.57. The number of aliphatic imine (C=N–C) groups is 1. The van der Waals surface area contributed by atoms with Crippen LogP contribution in [0.1, 0.15) is 24.1 Å². The van der Waals surface area contributed by atoms with Gasteiger partial charge in [-0.25, -0.2) is 0 Å². The number of hydrogen-bond acceptors (Lipinski definition) is 3. The van der Waals surface area contributed by atoms with Crippen LogP contribution in [0.25, 0.3) is 16.6 Å². The van der Waals surface area contributed by atoms with Gasteiger partial charge in [-0.15, -0.1) is 0 Å². The molecule has 3 heterocycles. The molecule has 0 fully saturated rings. The number of benzene rings is 1. The first-order chi connectivity index (χ1) is 10.9. The molecule has 0 spiro atoms. The Morgan fingerprint density at radius 1 is 1.00 bits per heavy atom. The second kappa shape index (κ2) is 5.85. The molecule has 0 radical (unpaired) electrons. The van der Waals surface area contributed by atoms with Crippen LogP contribution in [0.2, 0.25) is 0 Å². The van der Waals surface area contributed by atoms with Crippen LogP contribution >= 0.6 is 11.3 Å². The average molecular weight is 304 g/mol. The molecule has 0 saturated carbocycles. The van der Waals surface area contributed by atoms with Gasteiger partial charge in [0.2, 0.25) is 0 Å². The molecular weight excluding hydrogens is 288 g/mol. The third-order valence-corrected chi connectivity index (χ3v) is 4.64. The Morgan fingerprint density at radius 2 is 1.95 bits per heavy atom. The van der Waals surface area contributed by atoms with E-state index in [9.17, 15) is 0 Å². The highest BCUT2D eigenvalue weighted by Crippen LogP contribution is 2.25. The van der Waals surface area contributed by atoms with Gasteiger partial charge in [-0.1, -0.05) is 30.3 Å². The molecule has 108 valence electrons. The molecule has 0 N–H and O–H groups in total.